The lowest BCUT2D eigenvalue weighted by atomic mass is 9.80. The minimum absolute atomic E-state index is 0.0719. The van der Waals surface area contributed by atoms with Crippen LogP contribution < -0.4 is 10.6 Å². The van der Waals surface area contributed by atoms with Crippen molar-refractivity contribution in [3.05, 3.63) is 86.3 Å². The van der Waals surface area contributed by atoms with Gasteiger partial charge in [0, 0.05) is 4.47 Å². The van der Waals surface area contributed by atoms with Crippen LogP contribution in [0.2, 0.25) is 0 Å². The van der Waals surface area contributed by atoms with Gasteiger partial charge in [0.2, 0.25) is 0 Å². The van der Waals surface area contributed by atoms with Crippen LogP contribution in [0.5, 0.6) is 0 Å². The normalized spacial score (nSPS) is 16.2. The first-order valence-electron chi connectivity index (χ1n) is 10.0. The predicted octanol–water partition coefficient (Wildman–Crippen LogP) is 4.67. The molecule has 0 saturated carbocycles. The molecule has 0 aliphatic carbocycles. The Morgan fingerprint density at radius 1 is 1.11 bits per heavy atom. The van der Waals surface area contributed by atoms with Gasteiger partial charge in [0.15, 0.2) is 0 Å². The summed E-state index contributed by atoms with van der Waals surface area (Å²) in [5.41, 5.74) is 4.93. The number of rotatable bonds is 4. The third-order valence-corrected chi connectivity index (χ3v) is 6.32. The van der Waals surface area contributed by atoms with Gasteiger partial charge in [0.25, 0.3) is 0 Å². The Hall–Kier alpha value is -3.78. The number of benzene rings is 2. The highest BCUT2D eigenvalue weighted by Gasteiger charge is 2.44. The van der Waals surface area contributed by atoms with Crippen molar-refractivity contribution in [3.8, 4) is 6.07 Å². The molecular formula is C24H19BrF3N3O4. The fraction of sp³-hybridized carbons (Fsp3) is 0.208. The molecule has 1 aliphatic rings. The molecule has 0 fully saturated rings. The number of hydrogen-bond acceptors (Lipinski definition) is 7. The third kappa shape index (κ3) is 4.61. The molecule has 1 unspecified atom stereocenters. The number of carbonyl (C=O) groups is 2. The number of nitriles is 1. The maximum Gasteiger partial charge on any atom is 0.416 e. The third-order valence-electron chi connectivity index (χ3n) is 5.50. The van der Waals surface area contributed by atoms with E-state index in [1.54, 1.807) is 30.3 Å². The number of hydrogen-bond donors (Lipinski definition) is 1. The summed E-state index contributed by atoms with van der Waals surface area (Å²) in [6, 6.07) is 11.9. The number of alkyl halides is 3. The fourth-order valence-electron chi connectivity index (χ4n) is 3.82. The highest BCUT2D eigenvalue weighted by atomic mass is 79.9. The van der Waals surface area contributed by atoms with Gasteiger partial charge in [-0.1, -0.05) is 46.3 Å². The Morgan fingerprint density at radius 2 is 1.71 bits per heavy atom. The summed E-state index contributed by atoms with van der Waals surface area (Å²) in [7, 11) is 2.13. The molecule has 0 spiro atoms. The van der Waals surface area contributed by atoms with Crippen LogP contribution in [-0.2, 0) is 25.2 Å². The van der Waals surface area contributed by atoms with Crippen LogP contribution in [0.1, 0.15) is 22.6 Å². The van der Waals surface area contributed by atoms with E-state index in [1.165, 1.54) is 6.92 Å². The summed E-state index contributed by atoms with van der Waals surface area (Å²) in [5.74, 6) is -3.50. The van der Waals surface area contributed by atoms with Crippen molar-refractivity contribution in [1.29, 1.82) is 5.26 Å². The quantitative estimate of drug-likeness (QED) is 0.552. The zero-order chi connectivity index (χ0) is 26.1. The van der Waals surface area contributed by atoms with Crippen LogP contribution in [-0.4, -0.2) is 26.2 Å². The number of esters is 2. The number of carbonyl (C=O) groups excluding carboxylic acids is 2. The minimum atomic E-state index is -4.73. The molecule has 0 amide bonds. The van der Waals surface area contributed by atoms with E-state index in [2.05, 4.69) is 15.9 Å². The number of nitrogens with zero attached hydrogens (tertiary/aromatic N) is 2. The van der Waals surface area contributed by atoms with Gasteiger partial charge in [-0.15, -0.1) is 0 Å². The summed E-state index contributed by atoms with van der Waals surface area (Å²) in [6.07, 6.45) is -4.73. The number of halogens is 4. The van der Waals surface area contributed by atoms with Crippen LogP contribution in [0.4, 0.5) is 18.9 Å². The summed E-state index contributed by atoms with van der Waals surface area (Å²) in [6.45, 7) is 1.49. The van der Waals surface area contributed by atoms with Crippen LogP contribution >= 0.6 is 15.9 Å². The lowest BCUT2D eigenvalue weighted by molar-refractivity contribution is -0.139. The molecule has 11 heteroatoms. The molecule has 2 aromatic rings. The van der Waals surface area contributed by atoms with Crippen molar-refractivity contribution < 1.29 is 32.2 Å². The number of methoxy groups -OCH3 is 2. The van der Waals surface area contributed by atoms with E-state index >= 15 is 0 Å². The zero-order valence-corrected chi connectivity index (χ0v) is 20.3. The van der Waals surface area contributed by atoms with Gasteiger partial charge in [-0.05, 0) is 30.2 Å². The van der Waals surface area contributed by atoms with E-state index in [9.17, 15) is 28.0 Å². The van der Waals surface area contributed by atoms with E-state index in [1.807, 2.05) is 6.07 Å². The van der Waals surface area contributed by atoms with Crippen LogP contribution in [0.25, 0.3) is 0 Å². The van der Waals surface area contributed by atoms with Gasteiger partial charge >= 0.3 is 18.1 Å². The summed E-state index contributed by atoms with van der Waals surface area (Å²) >= 11 is 3.12. The minimum Gasteiger partial charge on any atom is -0.466 e. The average molecular weight is 550 g/mol. The molecule has 0 aromatic heterocycles. The molecule has 2 aromatic carbocycles. The molecule has 35 heavy (non-hydrogen) atoms. The molecule has 182 valence electrons. The standard InChI is InChI=1S/C24H19BrF3N3O4/c1-12-16(25)9-14(24(26,27)28)10-17(12)31-20(23(33)35-3)19(22(32)34-2)18(15(11-29)21(31)30)13-7-5-4-6-8-13/h4-10,18H,30H2,1-3H3. The van der Waals surface area contributed by atoms with Crippen LogP contribution in [0.15, 0.2) is 69.6 Å². The number of nitrogens with two attached hydrogens (primary N) is 1. The Kier molecular flexibility index (Phi) is 7.26. The predicted molar refractivity (Wildman–Crippen MR) is 123 cm³/mol. The van der Waals surface area contributed by atoms with Crippen molar-refractivity contribution in [3.63, 3.8) is 0 Å². The van der Waals surface area contributed by atoms with Crippen LogP contribution in [0, 0.1) is 18.3 Å². The number of allylic oxidation sites excluding steroid dienone is 1. The number of anilines is 1. The Morgan fingerprint density at radius 3 is 2.23 bits per heavy atom. The molecule has 0 saturated heterocycles. The van der Waals surface area contributed by atoms with Crippen molar-refractivity contribution in [2.24, 2.45) is 5.73 Å². The van der Waals surface area contributed by atoms with Gasteiger partial charge in [-0.25, -0.2) is 9.59 Å². The van der Waals surface area contributed by atoms with Crippen molar-refractivity contribution in [1.82, 2.24) is 0 Å². The van der Waals surface area contributed by atoms with Crippen LogP contribution in [0.3, 0.4) is 0 Å². The summed E-state index contributed by atoms with van der Waals surface area (Å²) in [5, 5.41) is 10.0. The largest absolute Gasteiger partial charge is 0.466 e. The first kappa shape index (κ1) is 25.8. The summed E-state index contributed by atoms with van der Waals surface area (Å²) < 4.78 is 50.8. The topological polar surface area (TPSA) is 106 Å². The van der Waals surface area contributed by atoms with Gasteiger partial charge in [0.05, 0.1) is 48.6 Å². The van der Waals surface area contributed by atoms with E-state index in [0.29, 0.717) is 5.56 Å². The maximum absolute atomic E-state index is 13.6. The van der Waals surface area contributed by atoms with Gasteiger partial charge in [-0.3, -0.25) is 4.90 Å². The SMILES string of the molecule is COC(=O)C1=C(C(=O)OC)N(c2cc(C(F)(F)F)cc(Br)c2C)C(N)=C(C#N)C1c1ccccc1. The van der Waals surface area contributed by atoms with Crippen molar-refractivity contribution >= 4 is 33.6 Å². The number of ether oxygens (including phenoxy) is 2. The van der Waals surface area contributed by atoms with E-state index < -0.39 is 35.3 Å². The van der Waals surface area contributed by atoms with E-state index in [-0.39, 0.29) is 32.7 Å². The van der Waals surface area contributed by atoms with Crippen molar-refractivity contribution in [2.45, 2.75) is 19.0 Å². The lowest BCUT2D eigenvalue weighted by Gasteiger charge is -2.37. The maximum atomic E-state index is 13.6. The highest BCUT2D eigenvalue weighted by Crippen LogP contribution is 2.46. The summed E-state index contributed by atoms with van der Waals surface area (Å²) in [4.78, 5) is 27.0. The Bertz CT molecular complexity index is 1300. The van der Waals surface area contributed by atoms with E-state index in [0.717, 1.165) is 31.3 Å². The smallest absolute Gasteiger partial charge is 0.416 e. The molecular weight excluding hydrogens is 531 g/mol. The second-order valence-electron chi connectivity index (χ2n) is 7.44. The average Bonchev–Trinajstić information content (AvgIpc) is 2.83. The first-order chi connectivity index (χ1) is 16.5. The Balaban J connectivity index is 2.49. The molecule has 1 heterocycles. The van der Waals surface area contributed by atoms with Gasteiger partial charge in [-0.2, -0.15) is 18.4 Å². The van der Waals surface area contributed by atoms with Gasteiger partial charge < -0.3 is 15.2 Å². The van der Waals surface area contributed by atoms with Gasteiger partial charge in [0.1, 0.15) is 11.5 Å². The molecule has 7 nitrogen and oxygen atoms in total. The fourth-order valence-corrected chi connectivity index (χ4v) is 4.27. The molecule has 3 rings (SSSR count). The molecule has 1 atom stereocenters. The second kappa shape index (κ2) is 9.84. The molecule has 0 bridgehead atoms. The second-order valence-corrected chi connectivity index (χ2v) is 8.29. The highest BCUT2D eigenvalue weighted by molar-refractivity contribution is 9.10. The first-order valence-corrected chi connectivity index (χ1v) is 10.8. The molecule has 1 aliphatic heterocycles. The van der Waals surface area contributed by atoms with E-state index in [4.69, 9.17) is 15.2 Å². The Labute approximate surface area is 207 Å². The van der Waals surface area contributed by atoms with Crippen molar-refractivity contribution in [2.75, 3.05) is 19.1 Å². The monoisotopic (exact) mass is 549 g/mol. The zero-order valence-electron chi connectivity index (χ0n) is 18.7. The lowest BCUT2D eigenvalue weighted by Crippen LogP contribution is -2.41. The molecule has 2 N–H and O–H groups in total. The molecule has 0 radical (unpaired) electrons.